The minimum absolute atomic E-state index is 0.206. The first-order valence-electron chi connectivity index (χ1n) is 7.55. The molecule has 0 bridgehead atoms. The van der Waals surface area contributed by atoms with Crippen LogP contribution < -0.4 is 15.4 Å². The SMILES string of the molecule is CCCCOc1ccc(C(=O)NC(=S)Nc2ccc(I)cn2)cc1. The van der Waals surface area contributed by atoms with E-state index in [1.807, 2.05) is 6.07 Å². The highest BCUT2D eigenvalue weighted by Gasteiger charge is 2.08. The number of pyridine rings is 1. The summed E-state index contributed by atoms with van der Waals surface area (Å²) in [6.07, 6.45) is 3.81. The number of benzene rings is 1. The molecule has 0 aliphatic carbocycles. The number of thiocarbonyl (C=S) groups is 1. The number of unbranched alkanes of at least 4 members (excludes halogenated alkanes) is 1. The molecular formula is C17H18IN3O2S. The number of carbonyl (C=O) groups is 1. The molecule has 1 amide bonds. The molecule has 1 heterocycles. The number of aromatic nitrogens is 1. The van der Waals surface area contributed by atoms with E-state index in [-0.39, 0.29) is 11.0 Å². The van der Waals surface area contributed by atoms with E-state index in [0.29, 0.717) is 18.0 Å². The monoisotopic (exact) mass is 455 g/mol. The van der Waals surface area contributed by atoms with Crippen molar-refractivity contribution >= 4 is 51.6 Å². The maximum atomic E-state index is 12.2. The Balaban J connectivity index is 1.86. The second kappa shape index (κ2) is 9.53. The summed E-state index contributed by atoms with van der Waals surface area (Å²) >= 11 is 7.30. The lowest BCUT2D eigenvalue weighted by Crippen LogP contribution is -2.34. The lowest BCUT2D eigenvalue weighted by atomic mass is 10.2. The number of nitrogens with zero attached hydrogens (tertiary/aromatic N) is 1. The molecule has 0 fully saturated rings. The molecule has 0 saturated heterocycles. The Morgan fingerprint density at radius 2 is 2.00 bits per heavy atom. The van der Waals surface area contributed by atoms with Crippen LogP contribution in [0.1, 0.15) is 30.1 Å². The molecule has 0 saturated carbocycles. The first-order valence-corrected chi connectivity index (χ1v) is 9.04. The van der Waals surface area contributed by atoms with Crippen LogP contribution in [0.5, 0.6) is 5.75 Å². The lowest BCUT2D eigenvalue weighted by molar-refractivity contribution is 0.0977. The van der Waals surface area contributed by atoms with Gasteiger partial charge in [0.1, 0.15) is 11.6 Å². The van der Waals surface area contributed by atoms with Crippen molar-refractivity contribution in [2.45, 2.75) is 19.8 Å². The van der Waals surface area contributed by atoms with Crippen LogP contribution in [0, 0.1) is 3.57 Å². The highest BCUT2D eigenvalue weighted by Crippen LogP contribution is 2.13. The molecule has 0 aliphatic rings. The predicted octanol–water partition coefficient (Wildman–Crippen LogP) is 3.99. The smallest absolute Gasteiger partial charge is 0.257 e. The Kier molecular flexibility index (Phi) is 7.38. The fourth-order valence-electron chi connectivity index (χ4n) is 1.81. The van der Waals surface area contributed by atoms with Crippen LogP contribution in [0.2, 0.25) is 0 Å². The van der Waals surface area contributed by atoms with Crippen molar-refractivity contribution in [2.75, 3.05) is 11.9 Å². The van der Waals surface area contributed by atoms with E-state index in [1.165, 1.54) is 0 Å². The standard InChI is InChI=1S/C17H18IN3O2S/c1-2-3-10-23-14-7-4-12(5-8-14)16(22)21-17(24)20-15-9-6-13(18)11-19-15/h4-9,11H,2-3,10H2,1H3,(H2,19,20,21,22,24). The molecule has 2 aromatic rings. The minimum atomic E-state index is -0.280. The van der Waals surface area contributed by atoms with Gasteiger partial charge < -0.3 is 10.1 Å². The van der Waals surface area contributed by atoms with Crippen LogP contribution in [-0.2, 0) is 0 Å². The van der Waals surface area contributed by atoms with Crippen molar-refractivity contribution in [2.24, 2.45) is 0 Å². The van der Waals surface area contributed by atoms with Gasteiger partial charge in [-0.1, -0.05) is 13.3 Å². The first kappa shape index (κ1) is 18.6. The molecule has 126 valence electrons. The zero-order valence-electron chi connectivity index (χ0n) is 13.2. The molecule has 1 aromatic carbocycles. The van der Waals surface area contributed by atoms with Gasteiger partial charge in [0.05, 0.1) is 6.61 Å². The molecule has 0 aliphatic heterocycles. The summed E-state index contributed by atoms with van der Waals surface area (Å²) in [5.74, 6) is 1.06. The van der Waals surface area contributed by atoms with Crippen molar-refractivity contribution < 1.29 is 9.53 Å². The third-order valence-corrected chi connectivity index (χ3v) is 3.92. The fraction of sp³-hybridized carbons (Fsp3) is 0.235. The van der Waals surface area contributed by atoms with Crippen molar-refractivity contribution in [3.05, 3.63) is 51.7 Å². The maximum absolute atomic E-state index is 12.2. The van der Waals surface area contributed by atoms with Crippen LogP contribution >= 0.6 is 34.8 Å². The molecule has 0 radical (unpaired) electrons. The third-order valence-electron chi connectivity index (χ3n) is 3.08. The molecule has 0 spiro atoms. The van der Waals surface area contributed by atoms with E-state index in [2.05, 4.69) is 45.1 Å². The predicted molar refractivity (Wildman–Crippen MR) is 107 cm³/mol. The van der Waals surface area contributed by atoms with Gasteiger partial charge in [-0.25, -0.2) is 4.98 Å². The second-order valence-corrected chi connectivity index (χ2v) is 6.65. The summed E-state index contributed by atoms with van der Waals surface area (Å²) in [4.78, 5) is 16.3. The number of ether oxygens (including phenoxy) is 1. The van der Waals surface area contributed by atoms with Crippen LogP contribution in [0.25, 0.3) is 0 Å². The first-order chi connectivity index (χ1) is 11.6. The highest BCUT2D eigenvalue weighted by molar-refractivity contribution is 14.1. The fourth-order valence-corrected chi connectivity index (χ4v) is 2.33. The number of rotatable bonds is 6. The van der Waals surface area contributed by atoms with Crippen LogP contribution in [-0.4, -0.2) is 22.6 Å². The van der Waals surface area contributed by atoms with Gasteiger partial charge in [-0.2, -0.15) is 0 Å². The Morgan fingerprint density at radius 1 is 1.25 bits per heavy atom. The zero-order valence-corrected chi connectivity index (χ0v) is 16.2. The molecule has 2 rings (SSSR count). The summed E-state index contributed by atoms with van der Waals surface area (Å²) in [5.41, 5.74) is 0.512. The van der Waals surface area contributed by atoms with Gasteiger partial charge in [-0.15, -0.1) is 0 Å². The number of carbonyl (C=O) groups excluding carboxylic acids is 1. The number of halogens is 1. The molecule has 2 N–H and O–H groups in total. The van der Waals surface area contributed by atoms with E-state index < -0.39 is 0 Å². The zero-order chi connectivity index (χ0) is 17.4. The average molecular weight is 455 g/mol. The Labute approximate surface area is 160 Å². The van der Waals surface area contributed by atoms with Crippen LogP contribution in [0.4, 0.5) is 5.82 Å². The molecule has 7 heteroatoms. The van der Waals surface area contributed by atoms with Gasteiger partial charge in [0, 0.05) is 15.3 Å². The normalized spacial score (nSPS) is 10.1. The Bertz CT molecular complexity index is 690. The molecule has 1 aromatic heterocycles. The van der Waals surface area contributed by atoms with Gasteiger partial charge in [-0.05, 0) is 77.6 Å². The Hall–Kier alpha value is -1.74. The average Bonchev–Trinajstić information content (AvgIpc) is 2.58. The maximum Gasteiger partial charge on any atom is 0.257 e. The van der Waals surface area contributed by atoms with Crippen molar-refractivity contribution in [1.82, 2.24) is 10.3 Å². The topological polar surface area (TPSA) is 63.2 Å². The van der Waals surface area contributed by atoms with Gasteiger partial charge >= 0.3 is 0 Å². The van der Waals surface area contributed by atoms with E-state index in [4.69, 9.17) is 17.0 Å². The lowest BCUT2D eigenvalue weighted by Gasteiger charge is -2.10. The van der Waals surface area contributed by atoms with Gasteiger partial charge in [-0.3, -0.25) is 10.1 Å². The van der Waals surface area contributed by atoms with Gasteiger partial charge in [0.15, 0.2) is 5.11 Å². The summed E-state index contributed by atoms with van der Waals surface area (Å²) in [6, 6.07) is 10.7. The summed E-state index contributed by atoms with van der Waals surface area (Å²) < 4.78 is 6.59. The number of hydrogen-bond donors (Lipinski definition) is 2. The minimum Gasteiger partial charge on any atom is -0.494 e. The highest BCUT2D eigenvalue weighted by atomic mass is 127. The van der Waals surface area contributed by atoms with E-state index >= 15 is 0 Å². The number of nitrogens with one attached hydrogen (secondary N) is 2. The number of anilines is 1. The number of amides is 1. The van der Waals surface area contributed by atoms with Crippen LogP contribution in [0.15, 0.2) is 42.6 Å². The summed E-state index contributed by atoms with van der Waals surface area (Å²) in [6.45, 7) is 2.79. The van der Waals surface area contributed by atoms with Gasteiger partial charge in [0.25, 0.3) is 5.91 Å². The van der Waals surface area contributed by atoms with Crippen molar-refractivity contribution in [3.63, 3.8) is 0 Å². The van der Waals surface area contributed by atoms with E-state index in [0.717, 1.165) is 22.2 Å². The molecule has 0 unspecified atom stereocenters. The second-order valence-electron chi connectivity index (χ2n) is 5.00. The largest absolute Gasteiger partial charge is 0.494 e. The van der Waals surface area contributed by atoms with Crippen molar-refractivity contribution in [3.8, 4) is 5.75 Å². The summed E-state index contributed by atoms with van der Waals surface area (Å²) in [7, 11) is 0. The van der Waals surface area contributed by atoms with Crippen LogP contribution in [0.3, 0.4) is 0 Å². The number of hydrogen-bond acceptors (Lipinski definition) is 4. The third kappa shape index (κ3) is 6.04. The molecular weight excluding hydrogens is 437 g/mol. The Morgan fingerprint density at radius 3 is 2.62 bits per heavy atom. The van der Waals surface area contributed by atoms with Crippen molar-refractivity contribution in [1.29, 1.82) is 0 Å². The van der Waals surface area contributed by atoms with E-state index in [1.54, 1.807) is 36.5 Å². The molecule has 0 atom stereocenters. The van der Waals surface area contributed by atoms with E-state index in [9.17, 15) is 4.79 Å². The molecule has 5 nitrogen and oxygen atoms in total. The molecule has 24 heavy (non-hydrogen) atoms. The summed E-state index contributed by atoms with van der Waals surface area (Å²) in [5, 5.41) is 5.71. The van der Waals surface area contributed by atoms with Gasteiger partial charge in [0.2, 0.25) is 0 Å². The quantitative estimate of drug-likeness (QED) is 0.392.